The lowest BCUT2D eigenvalue weighted by atomic mass is 10.00. The molecule has 1 aromatic carbocycles. The first-order chi connectivity index (χ1) is 10.3. The largest absolute Gasteiger partial charge is 0.298 e. The molecule has 2 aromatic rings. The van der Waals surface area contributed by atoms with Gasteiger partial charge < -0.3 is 0 Å². The number of nitrogens with one attached hydrogen (secondary N) is 2. The topological polar surface area (TPSA) is 41.1 Å². The molecule has 110 valence electrons. The van der Waals surface area contributed by atoms with E-state index in [-0.39, 0.29) is 5.91 Å². The van der Waals surface area contributed by atoms with Crippen LogP contribution in [0, 0.1) is 0 Å². The molecule has 0 fully saturated rings. The number of carbonyl (C=O) groups excluding carboxylic acids is 1. The van der Waals surface area contributed by atoms with E-state index in [1.807, 2.05) is 30.3 Å². The molecule has 0 radical (unpaired) electrons. The first-order valence-corrected chi connectivity index (χ1v) is 8.37. The minimum Gasteiger partial charge on any atom is -0.298 e. The molecule has 2 N–H and O–H groups in total. The van der Waals surface area contributed by atoms with Gasteiger partial charge in [-0.05, 0) is 49.4 Å². The minimum absolute atomic E-state index is 0.0457. The fourth-order valence-electron chi connectivity index (χ4n) is 2.67. The first-order valence-electron chi connectivity index (χ1n) is 7.56. The number of benzene rings is 1. The molecule has 4 heteroatoms. The Morgan fingerprint density at radius 2 is 1.76 bits per heavy atom. The number of thiophene rings is 1. The van der Waals surface area contributed by atoms with Gasteiger partial charge in [0, 0.05) is 4.88 Å². The Hall–Kier alpha value is -1.81. The van der Waals surface area contributed by atoms with Crippen molar-refractivity contribution in [1.29, 1.82) is 0 Å². The normalized spacial score (nSPS) is 14.7. The van der Waals surface area contributed by atoms with Crippen molar-refractivity contribution in [2.45, 2.75) is 38.5 Å². The minimum atomic E-state index is -0.0457. The second kappa shape index (κ2) is 6.76. The second-order valence-electron chi connectivity index (χ2n) is 5.42. The Kier molecular flexibility index (Phi) is 4.55. The van der Waals surface area contributed by atoms with Crippen molar-refractivity contribution < 1.29 is 4.79 Å². The lowest BCUT2D eigenvalue weighted by molar-refractivity contribution is 0.0966. The lowest BCUT2D eigenvalue weighted by Gasteiger charge is -2.07. The van der Waals surface area contributed by atoms with Crippen molar-refractivity contribution in [3.63, 3.8) is 0 Å². The van der Waals surface area contributed by atoms with Crippen molar-refractivity contribution in [3.05, 3.63) is 51.7 Å². The van der Waals surface area contributed by atoms with Crippen molar-refractivity contribution in [2.24, 2.45) is 0 Å². The molecule has 0 atom stereocenters. The number of anilines is 1. The summed E-state index contributed by atoms with van der Waals surface area (Å²) in [6.45, 7) is 0. The molecule has 21 heavy (non-hydrogen) atoms. The summed E-state index contributed by atoms with van der Waals surface area (Å²) in [6.07, 6.45) is 7.36. The molecule has 1 aromatic heterocycles. The Morgan fingerprint density at radius 3 is 2.57 bits per heavy atom. The van der Waals surface area contributed by atoms with Crippen LogP contribution in [0.5, 0.6) is 0 Å². The van der Waals surface area contributed by atoms with Gasteiger partial charge in [0.25, 0.3) is 5.91 Å². The first kappa shape index (κ1) is 14.1. The highest BCUT2D eigenvalue weighted by molar-refractivity contribution is 7.14. The van der Waals surface area contributed by atoms with Gasteiger partial charge in [0.1, 0.15) is 0 Å². The molecular weight excluding hydrogens is 280 g/mol. The van der Waals surface area contributed by atoms with Crippen LogP contribution in [0.4, 0.5) is 5.69 Å². The molecule has 1 heterocycles. The number of hydrogen-bond acceptors (Lipinski definition) is 3. The van der Waals surface area contributed by atoms with Gasteiger partial charge >= 0.3 is 0 Å². The van der Waals surface area contributed by atoms with Crippen LogP contribution in [0.1, 0.15) is 45.8 Å². The molecule has 1 aliphatic rings. The average molecular weight is 300 g/mol. The number of aryl methyl sites for hydroxylation is 2. The number of hydrogen-bond donors (Lipinski definition) is 2. The van der Waals surface area contributed by atoms with Gasteiger partial charge in [-0.25, -0.2) is 0 Å². The quantitative estimate of drug-likeness (QED) is 0.836. The summed E-state index contributed by atoms with van der Waals surface area (Å²) in [4.78, 5) is 14.5. The van der Waals surface area contributed by atoms with Crippen LogP contribution in [0.2, 0.25) is 0 Å². The van der Waals surface area contributed by atoms with Crippen molar-refractivity contribution in [2.75, 3.05) is 5.43 Å². The van der Waals surface area contributed by atoms with E-state index in [9.17, 15) is 4.79 Å². The molecule has 3 nitrogen and oxygen atoms in total. The molecule has 1 aliphatic carbocycles. The summed E-state index contributed by atoms with van der Waals surface area (Å²) in [5.41, 5.74) is 8.00. The molecule has 3 rings (SSSR count). The standard InChI is InChI=1S/C17H20N2OS/c20-17(19-18-14-9-5-3-6-10-14)16-12-13-8-4-1-2-7-11-15(13)21-16/h3,5-6,9-10,12,18H,1-2,4,7-8,11H2,(H,19,20). The molecular formula is C17H20N2OS. The molecule has 0 unspecified atom stereocenters. The highest BCUT2D eigenvalue weighted by Gasteiger charge is 2.15. The van der Waals surface area contributed by atoms with E-state index in [4.69, 9.17) is 0 Å². The SMILES string of the molecule is O=C(NNc1ccccc1)c1cc2c(s1)CCCCCC2. The highest BCUT2D eigenvalue weighted by Crippen LogP contribution is 2.28. The zero-order valence-corrected chi connectivity index (χ0v) is 12.8. The Labute approximate surface area is 129 Å². The van der Waals surface area contributed by atoms with E-state index in [2.05, 4.69) is 16.9 Å². The van der Waals surface area contributed by atoms with Crippen LogP contribution >= 0.6 is 11.3 Å². The average Bonchev–Trinajstić information content (AvgIpc) is 2.88. The Bertz CT molecular complexity index is 581. The smallest absolute Gasteiger partial charge is 0.279 e. The third-order valence-electron chi connectivity index (χ3n) is 3.81. The lowest BCUT2D eigenvalue weighted by Crippen LogP contribution is -2.28. The second-order valence-corrected chi connectivity index (χ2v) is 6.56. The van der Waals surface area contributed by atoms with E-state index >= 15 is 0 Å². The molecule has 0 spiro atoms. The number of amides is 1. The summed E-state index contributed by atoms with van der Waals surface area (Å²) in [5, 5.41) is 0. The van der Waals surface area contributed by atoms with Crippen LogP contribution in [0.15, 0.2) is 36.4 Å². The maximum absolute atomic E-state index is 12.2. The number of rotatable bonds is 3. The van der Waals surface area contributed by atoms with Gasteiger partial charge in [-0.3, -0.25) is 15.6 Å². The maximum Gasteiger partial charge on any atom is 0.279 e. The maximum atomic E-state index is 12.2. The number of para-hydroxylation sites is 1. The molecule has 0 aliphatic heterocycles. The van der Waals surface area contributed by atoms with Crippen LogP contribution < -0.4 is 10.9 Å². The fourth-order valence-corrected chi connectivity index (χ4v) is 3.82. The van der Waals surface area contributed by atoms with E-state index in [0.717, 1.165) is 23.4 Å². The van der Waals surface area contributed by atoms with Gasteiger partial charge in [0.2, 0.25) is 0 Å². The number of fused-ring (bicyclic) bond motifs is 1. The van der Waals surface area contributed by atoms with Crippen LogP contribution in [0.25, 0.3) is 0 Å². The summed E-state index contributed by atoms with van der Waals surface area (Å²) in [6, 6.07) is 11.7. The third kappa shape index (κ3) is 3.64. The van der Waals surface area contributed by atoms with E-state index in [0.29, 0.717) is 0 Å². The van der Waals surface area contributed by atoms with Crippen LogP contribution in [-0.4, -0.2) is 5.91 Å². The predicted molar refractivity (Wildman–Crippen MR) is 87.7 cm³/mol. The van der Waals surface area contributed by atoms with Gasteiger partial charge in [-0.15, -0.1) is 11.3 Å². The van der Waals surface area contributed by atoms with Gasteiger partial charge in [0.15, 0.2) is 0 Å². The molecule has 0 saturated carbocycles. The van der Waals surface area contributed by atoms with Crippen molar-refractivity contribution in [1.82, 2.24) is 5.43 Å². The van der Waals surface area contributed by atoms with E-state index < -0.39 is 0 Å². The summed E-state index contributed by atoms with van der Waals surface area (Å²) >= 11 is 1.65. The Balaban J connectivity index is 1.66. The van der Waals surface area contributed by atoms with Crippen LogP contribution in [0.3, 0.4) is 0 Å². The van der Waals surface area contributed by atoms with Gasteiger partial charge in [-0.1, -0.05) is 31.0 Å². The molecule has 1 amide bonds. The molecule has 0 saturated heterocycles. The van der Waals surface area contributed by atoms with Gasteiger partial charge in [0.05, 0.1) is 10.6 Å². The van der Waals surface area contributed by atoms with Crippen molar-refractivity contribution >= 4 is 22.9 Å². The number of carbonyl (C=O) groups is 1. The number of hydrazine groups is 1. The van der Waals surface area contributed by atoms with E-state index in [1.165, 1.54) is 36.1 Å². The van der Waals surface area contributed by atoms with Gasteiger partial charge in [-0.2, -0.15) is 0 Å². The summed E-state index contributed by atoms with van der Waals surface area (Å²) in [5.74, 6) is -0.0457. The third-order valence-corrected chi connectivity index (χ3v) is 5.05. The summed E-state index contributed by atoms with van der Waals surface area (Å²) < 4.78 is 0. The predicted octanol–water partition coefficient (Wildman–Crippen LogP) is 4.16. The monoisotopic (exact) mass is 300 g/mol. The molecule has 0 bridgehead atoms. The summed E-state index contributed by atoms with van der Waals surface area (Å²) in [7, 11) is 0. The van der Waals surface area contributed by atoms with Crippen molar-refractivity contribution in [3.8, 4) is 0 Å². The highest BCUT2D eigenvalue weighted by atomic mass is 32.1. The zero-order valence-electron chi connectivity index (χ0n) is 12.0. The van der Waals surface area contributed by atoms with Crippen LogP contribution in [-0.2, 0) is 12.8 Å². The fraction of sp³-hybridized carbons (Fsp3) is 0.353. The zero-order chi connectivity index (χ0) is 14.5. The van der Waals surface area contributed by atoms with E-state index in [1.54, 1.807) is 11.3 Å². The Morgan fingerprint density at radius 1 is 1.00 bits per heavy atom.